The van der Waals surface area contributed by atoms with E-state index in [1.54, 1.807) is 0 Å². The molecule has 0 aliphatic carbocycles. The molecule has 24 heavy (non-hydrogen) atoms. The number of imidazole rings is 1. The number of nitrogens with zero attached hydrogens (tertiary/aromatic N) is 4. The van der Waals surface area contributed by atoms with E-state index >= 15 is 0 Å². The van der Waals surface area contributed by atoms with E-state index < -0.39 is 32.4 Å². The zero-order valence-corrected chi connectivity index (χ0v) is 13.5. The summed E-state index contributed by atoms with van der Waals surface area (Å²) in [4.78, 5) is 21.2. The van der Waals surface area contributed by atoms with Gasteiger partial charge in [0.05, 0.1) is 6.61 Å². The fourth-order valence-corrected chi connectivity index (χ4v) is 3.92. The summed E-state index contributed by atoms with van der Waals surface area (Å²) in [5.74, 6) is -0.0381. The molecule has 0 spiro atoms. The van der Waals surface area contributed by atoms with E-state index in [0.29, 0.717) is 0 Å². The summed E-state index contributed by atoms with van der Waals surface area (Å²) < 4.78 is 28.0. The molecule has 5 atom stereocenters. The summed E-state index contributed by atoms with van der Waals surface area (Å²) >= 11 is 5.81. The second-order valence-corrected chi connectivity index (χ2v) is 7.02. The highest BCUT2D eigenvalue weighted by Gasteiger charge is 2.53. The van der Waals surface area contributed by atoms with Crippen molar-refractivity contribution >= 4 is 42.4 Å². The lowest BCUT2D eigenvalue weighted by Gasteiger charge is -2.27. The topological polar surface area (TPSA) is 181 Å². The molecule has 0 saturated carbocycles. The standard InChI is InChI=1S/C10H12ClN6O6P/c11-9-15-6(12)3-7(16-9)17(10(13)14-3)8-4(18)5-2(22-8)1-21-24(19,20)23-5/h2,4-5,8,18H,1H2,(H2,13,14)(H,19,20)(H2,12,15,16)/t2-,4-,5-,8-/m1/s1. The Balaban J connectivity index is 1.79. The van der Waals surface area contributed by atoms with E-state index in [1.807, 2.05) is 0 Å². The van der Waals surface area contributed by atoms with Gasteiger partial charge in [0, 0.05) is 0 Å². The number of phosphoric acid groups is 1. The molecule has 14 heteroatoms. The van der Waals surface area contributed by atoms with Gasteiger partial charge < -0.3 is 26.2 Å². The van der Waals surface area contributed by atoms with Gasteiger partial charge in [0.25, 0.3) is 0 Å². The number of halogens is 1. The Bertz CT molecular complexity index is 877. The number of nitrogens with two attached hydrogens (primary N) is 2. The zero-order chi connectivity index (χ0) is 17.2. The van der Waals surface area contributed by atoms with Gasteiger partial charge >= 0.3 is 7.82 Å². The van der Waals surface area contributed by atoms with Crippen LogP contribution in [0.5, 0.6) is 0 Å². The Hall–Kier alpha value is -1.53. The van der Waals surface area contributed by atoms with E-state index in [2.05, 4.69) is 19.5 Å². The molecule has 2 aliphatic rings. The predicted octanol–water partition coefficient (Wildman–Crippen LogP) is -0.582. The van der Waals surface area contributed by atoms with Gasteiger partial charge in [-0.05, 0) is 11.6 Å². The Morgan fingerprint density at radius 2 is 2.08 bits per heavy atom. The van der Waals surface area contributed by atoms with E-state index in [4.69, 9.17) is 32.3 Å². The number of fused-ring (bicyclic) bond motifs is 2. The van der Waals surface area contributed by atoms with Gasteiger partial charge in [0.15, 0.2) is 23.2 Å². The lowest BCUT2D eigenvalue weighted by molar-refractivity contribution is -0.0659. The third kappa shape index (κ3) is 2.35. The molecule has 0 aromatic carbocycles. The third-order valence-corrected chi connectivity index (χ3v) is 4.94. The van der Waals surface area contributed by atoms with Gasteiger partial charge in [-0.15, -0.1) is 0 Å². The van der Waals surface area contributed by atoms with Gasteiger partial charge in [-0.3, -0.25) is 13.6 Å². The molecular weight excluding hydrogens is 367 g/mol. The Morgan fingerprint density at radius 1 is 1.33 bits per heavy atom. The average molecular weight is 379 g/mol. The Labute approximate surface area is 138 Å². The van der Waals surface area contributed by atoms with E-state index in [1.165, 1.54) is 4.57 Å². The monoisotopic (exact) mass is 378 g/mol. The van der Waals surface area contributed by atoms with Crippen molar-refractivity contribution < 1.29 is 28.3 Å². The minimum absolute atomic E-state index is 0.0137. The highest BCUT2D eigenvalue weighted by molar-refractivity contribution is 7.47. The third-order valence-electron chi connectivity index (χ3n) is 3.79. The van der Waals surface area contributed by atoms with E-state index in [9.17, 15) is 14.6 Å². The largest absolute Gasteiger partial charge is 0.472 e. The van der Waals surface area contributed by atoms with Crippen molar-refractivity contribution in [2.45, 2.75) is 24.5 Å². The van der Waals surface area contributed by atoms with Crippen molar-refractivity contribution in [1.29, 1.82) is 0 Å². The van der Waals surface area contributed by atoms with Crippen LogP contribution in [0, 0.1) is 0 Å². The SMILES string of the molecule is Nc1nc(Cl)nc2c1nc(N)n2[C@@H]1O[C@@H]2COP(=O)(O)O[C@H]2[C@H]1O. The quantitative estimate of drug-likeness (QED) is 0.368. The minimum Gasteiger partial charge on any atom is -0.386 e. The maximum Gasteiger partial charge on any atom is 0.472 e. The molecule has 2 saturated heterocycles. The lowest BCUT2D eigenvalue weighted by atomic mass is 10.1. The molecule has 130 valence electrons. The van der Waals surface area contributed by atoms with Gasteiger partial charge in [-0.1, -0.05) is 0 Å². The maximum atomic E-state index is 11.5. The van der Waals surface area contributed by atoms with Crippen LogP contribution in [0.4, 0.5) is 11.8 Å². The first kappa shape index (κ1) is 16.0. The number of ether oxygens (including phenoxy) is 1. The first-order valence-electron chi connectivity index (χ1n) is 6.72. The predicted molar refractivity (Wildman–Crippen MR) is 79.7 cm³/mol. The highest BCUT2D eigenvalue weighted by atomic mass is 35.5. The number of hydrogen-bond donors (Lipinski definition) is 4. The molecule has 2 fully saturated rings. The first-order valence-corrected chi connectivity index (χ1v) is 8.60. The van der Waals surface area contributed by atoms with Crippen LogP contribution in [0.1, 0.15) is 6.23 Å². The zero-order valence-electron chi connectivity index (χ0n) is 11.8. The Kier molecular flexibility index (Phi) is 3.48. The van der Waals surface area contributed by atoms with Gasteiger partial charge in [-0.2, -0.15) is 9.97 Å². The Morgan fingerprint density at radius 3 is 2.83 bits per heavy atom. The smallest absolute Gasteiger partial charge is 0.386 e. The second kappa shape index (κ2) is 5.23. The molecule has 4 heterocycles. The molecule has 2 aromatic heterocycles. The van der Waals surface area contributed by atoms with Crippen molar-refractivity contribution in [2.75, 3.05) is 18.1 Å². The fraction of sp³-hybridized carbons (Fsp3) is 0.500. The number of aromatic nitrogens is 4. The molecule has 0 bridgehead atoms. The number of anilines is 2. The molecular formula is C10H12ClN6O6P. The van der Waals surface area contributed by atoms with E-state index in [-0.39, 0.29) is 34.8 Å². The summed E-state index contributed by atoms with van der Waals surface area (Å²) in [6.07, 6.45) is -4.26. The van der Waals surface area contributed by atoms with Crippen molar-refractivity contribution in [3.8, 4) is 0 Å². The number of nitrogen functional groups attached to an aromatic ring is 2. The van der Waals surface area contributed by atoms with Crippen molar-refractivity contribution in [3.63, 3.8) is 0 Å². The van der Waals surface area contributed by atoms with Crippen molar-refractivity contribution in [1.82, 2.24) is 19.5 Å². The molecule has 1 unspecified atom stereocenters. The minimum atomic E-state index is -4.24. The van der Waals surface area contributed by atoms with Crippen LogP contribution < -0.4 is 11.5 Å². The number of aliphatic hydroxyl groups excluding tert-OH is 1. The first-order chi connectivity index (χ1) is 11.3. The van der Waals surface area contributed by atoms with Gasteiger partial charge in [-0.25, -0.2) is 9.55 Å². The van der Waals surface area contributed by atoms with Gasteiger partial charge in [0.2, 0.25) is 11.2 Å². The van der Waals surface area contributed by atoms with Crippen LogP contribution >= 0.6 is 19.4 Å². The number of phosphoric ester groups is 1. The highest BCUT2D eigenvalue weighted by Crippen LogP contribution is 2.52. The van der Waals surface area contributed by atoms with Crippen LogP contribution in [0.25, 0.3) is 11.2 Å². The van der Waals surface area contributed by atoms with Gasteiger partial charge in [0.1, 0.15) is 18.3 Å². The summed E-state index contributed by atoms with van der Waals surface area (Å²) in [6.45, 7) is -0.226. The van der Waals surface area contributed by atoms with Crippen LogP contribution in [-0.4, -0.2) is 54.4 Å². The average Bonchev–Trinajstić information content (AvgIpc) is 2.96. The molecule has 12 nitrogen and oxygen atoms in total. The van der Waals surface area contributed by atoms with E-state index in [0.717, 1.165) is 0 Å². The fourth-order valence-electron chi connectivity index (χ4n) is 2.78. The summed E-state index contributed by atoms with van der Waals surface area (Å²) in [5, 5.41) is 10.3. The molecule has 0 amide bonds. The molecule has 2 aliphatic heterocycles. The van der Waals surface area contributed by atoms with Crippen LogP contribution in [-0.2, 0) is 18.3 Å². The number of rotatable bonds is 1. The second-order valence-electron chi connectivity index (χ2n) is 5.28. The molecule has 4 rings (SSSR count). The summed E-state index contributed by atoms with van der Waals surface area (Å²) in [7, 11) is -4.24. The summed E-state index contributed by atoms with van der Waals surface area (Å²) in [5.41, 5.74) is 12.0. The van der Waals surface area contributed by atoms with Crippen LogP contribution in [0.3, 0.4) is 0 Å². The maximum absolute atomic E-state index is 11.5. The number of aliphatic hydroxyl groups is 1. The molecule has 6 N–H and O–H groups in total. The summed E-state index contributed by atoms with van der Waals surface area (Å²) in [6, 6.07) is 0. The van der Waals surface area contributed by atoms with Crippen LogP contribution in [0.2, 0.25) is 5.28 Å². The number of hydrogen-bond acceptors (Lipinski definition) is 10. The van der Waals surface area contributed by atoms with Crippen molar-refractivity contribution in [2.24, 2.45) is 0 Å². The molecule has 0 radical (unpaired) electrons. The molecule has 2 aromatic rings. The lowest BCUT2D eigenvalue weighted by Crippen LogP contribution is -2.39. The normalized spacial score (nSPS) is 36.1. The van der Waals surface area contributed by atoms with Crippen molar-refractivity contribution in [3.05, 3.63) is 5.28 Å². The van der Waals surface area contributed by atoms with Crippen LogP contribution in [0.15, 0.2) is 0 Å².